The predicted octanol–water partition coefficient (Wildman–Crippen LogP) is 3.14. The van der Waals surface area contributed by atoms with Gasteiger partial charge in [0.25, 0.3) is 0 Å². The van der Waals surface area contributed by atoms with Crippen molar-refractivity contribution in [1.82, 2.24) is 5.32 Å². The van der Waals surface area contributed by atoms with Gasteiger partial charge in [-0.05, 0) is 37.2 Å². The first-order valence-corrected chi connectivity index (χ1v) is 6.25. The highest BCUT2D eigenvalue weighted by atomic mass is 16.5. The molecule has 2 aromatic rings. The molecule has 0 spiro atoms. The van der Waals surface area contributed by atoms with Crippen molar-refractivity contribution >= 4 is 0 Å². The molecular formula is C15H19NO2. The third-order valence-corrected chi connectivity index (χ3v) is 2.90. The molecule has 0 saturated heterocycles. The van der Waals surface area contributed by atoms with Crippen LogP contribution in [0.3, 0.4) is 0 Å². The lowest BCUT2D eigenvalue weighted by atomic mass is 10.2. The van der Waals surface area contributed by atoms with Gasteiger partial charge in [-0.2, -0.15) is 0 Å². The van der Waals surface area contributed by atoms with Gasteiger partial charge in [0, 0.05) is 5.56 Å². The SMILES string of the molecule is CCc1ccc(OCc2ccoc2CNC)cc1. The topological polar surface area (TPSA) is 34.4 Å². The second kappa shape index (κ2) is 6.26. The van der Waals surface area contributed by atoms with Gasteiger partial charge >= 0.3 is 0 Å². The van der Waals surface area contributed by atoms with Crippen LogP contribution in [0.2, 0.25) is 0 Å². The molecule has 96 valence electrons. The van der Waals surface area contributed by atoms with Gasteiger partial charge in [0.15, 0.2) is 0 Å². The molecule has 0 aliphatic rings. The fourth-order valence-corrected chi connectivity index (χ4v) is 1.79. The van der Waals surface area contributed by atoms with Crippen molar-refractivity contribution in [2.24, 2.45) is 0 Å². The summed E-state index contributed by atoms with van der Waals surface area (Å²) in [6.45, 7) is 3.41. The van der Waals surface area contributed by atoms with E-state index in [2.05, 4.69) is 24.4 Å². The molecule has 0 saturated carbocycles. The van der Waals surface area contributed by atoms with E-state index in [4.69, 9.17) is 9.15 Å². The Balaban J connectivity index is 1.95. The van der Waals surface area contributed by atoms with Crippen molar-refractivity contribution in [2.45, 2.75) is 26.5 Å². The number of benzene rings is 1. The van der Waals surface area contributed by atoms with Crippen LogP contribution in [0.1, 0.15) is 23.8 Å². The Kier molecular flexibility index (Phi) is 4.42. The Labute approximate surface area is 108 Å². The number of ether oxygens (including phenoxy) is 1. The summed E-state index contributed by atoms with van der Waals surface area (Å²) in [6, 6.07) is 10.2. The zero-order valence-corrected chi connectivity index (χ0v) is 10.9. The van der Waals surface area contributed by atoms with E-state index in [1.807, 2.05) is 25.2 Å². The van der Waals surface area contributed by atoms with Crippen LogP contribution in [-0.2, 0) is 19.6 Å². The van der Waals surface area contributed by atoms with Crippen LogP contribution in [0.4, 0.5) is 0 Å². The Hall–Kier alpha value is -1.74. The standard InChI is InChI=1S/C15H19NO2/c1-3-12-4-6-14(7-5-12)18-11-13-8-9-17-15(13)10-16-2/h4-9,16H,3,10-11H2,1-2H3. The van der Waals surface area contributed by atoms with Crippen LogP contribution in [0.15, 0.2) is 41.0 Å². The van der Waals surface area contributed by atoms with Crippen molar-refractivity contribution in [3.05, 3.63) is 53.5 Å². The molecule has 3 heteroatoms. The molecule has 0 unspecified atom stereocenters. The number of hydrogen-bond donors (Lipinski definition) is 1. The quantitative estimate of drug-likeness (QED) is 0.849. The average Bonchev–Trinajstić information content (AvgIpc) is 2.85. The molecule has 3 nitrogen and oxygen atoms in total. The van der Waals surface area contributed by atoms with Gasteiger partial charge in [-0.1, -0.05) is 19.1 Å². The summed E-state index contributed by atoms with van der Waals surface area (Å²) in [6.07, 6.45) is 2.75. The van der Waals surface area contributed by atoms with E-state index in [1.165, 1.54) is 5.56 Å². The Morgan fingerprint density at radius 1 is 1.17 bits per heavy atom. The molecule has 1 aromatic carbocycles. The van der Waals surface area contributed by atoms with E-state index in [1.54, 1.807) is 6.26 Å². The van der Waals surface area contributed by atoms with Gasteiger partial charge in [-0.3, -0.25) is 0 Å². The largest absolute Gasteiger partial charge is 0.489 e. The van der Waals surface area contributed by atoms with E-state index in [0.29, 0.717) is 6.61 Å². The number of hydrogen-bond acceptors (Lipinski definition) is 3. The fraction of sp³-hybridized carbons (Fsp3) is 0.333. The normalized spacial score (nSPS) is 10.6. The summed E-state index contributed by atoms with van der Waals surface area (Å²) in [5.74, 6) is 1.83. The van der Waals surface area contributed by atoms with Crippen LogP contribution in [-0.4, -0.2) is 7.05 Å². The van der Waals surface area contributed by atoms with Crippen LogP contribution >= 0.6 is 0 Å². The molecule has 1 aromatic heterocycles. The minimum Gasteiger partial charge on any atom is -0.489 e. The number of furan rings is 1. The smallest absolute Gasteiger partial charge is 0.124 e. The summed E-state index contributed by atoms with van der Waals surface area (Å²) in [7, 11) is 1.90. The van der Waals surface area contributed by atoms with Gasteiger partial charge < -0.3 is 14.5 Å². The van der Waals surface area contributed by atoms with Crippen molar-refractivity contribution in [3.8, 4) is 5.75 Å². The van der Waals surface area contributed by atoms with Crippen LogP contribution < -0.4 is 10.1 Å². The van der Waals surface area contributed by atoms with Crippen LogP contribution in [0, 0.1) is 0 Å². The maximum atomic E-state index is 5.75. The molecule has 0 aliphatic heterocycles. The summed E-state index contributed by atoms with van der Waals surface area (Å²) >= 11 is 0. The summed E-state index contributed by atoms with van der Waals surface area (Å²) in [5, 5.41) is 3.07. The molecule has 0 aliphatic carbocycles. The minimum absolute atomic E-state index is 0.541. The maximum Gasteiger partial charge on any atom is 0.124 e. The van der Waals surface area contributed by atoms with Gasteiger partial charge in [0.2, 0.25) is 0 Å². The molecule has 0 atom stereocenters. The second-order valence-electron chi connectivity index (χ2n) is 4.19. The van der Waals surface area contributed by atoms with Crippen molar-refractivity contribution in [3.63, 3.8) is 0 Å². The first-order valence-electron chi connectivity index (χ1n) is 6.25. The lowest BCUT2D eigenvalue weighted by Crippen LogP contribution is -2.07. The molecule has 0 bridgehead atoms. The number of aryl methyl sites for hydroxylation is 1. The van der Waals surface area contributed by atoms with E-state index >= 15 is 0 Å². The highest BCUT2D eigenvalue weighted by Gasteiger charge is 2.06. The molecule has 2 rings (SSSR count). The highest BCUT2D eigenvalue weighted by molar-refractivity contribution is 5.27. The zero-order valence-electron chi connectivity index (χ0n) is 10.9. The number of rotatable bonds is 6. The fourth-order valence-electron chi connectivity index (χ4n) is 1.79. The molecule has 18 heavy (non-hydrogen) atoms. The van der Waals surface area contributed by atoms with Gasteiger partial charge in [0.1, 0.15) is 18.1 Å². The van der Waals surface area contributed by atoms with Gasteiger partial charge in [-0.25, -0.2) is 0 Å². The molecule has 0 radical (unpaired) electrons. The lowest BCUT2D eigenvalue weighted by Gasteiger charge is -2.07. The second-order valence-corrected chi connectivity index (χ2v) is 4.19. The Morgan fingerprint density at radius 3 is 2.61 bits per heavy atom. The molecule has 1 heterocycles. The van der Waals surface area contributed by atoms with Crippen molar-refractivity contribution in [2.75, 3.05) is 7.05 Å². The molecule has 0 amide bonds. The zero-order chi connectivity index (χ0) is 12.8. The first kappa shape index (κ1) is 12.7. The maximum absolute atomic E-state index is 5.75. The molecule has 1 N–H and O–H groups in total. The van der Waals surface area contributed by atoms with E-state index in [0.717, 1.165) is 30.0 Å². The Morgan fingerprint density at radius 2 is 1.94 bits per heavy atom. The van der Waals surface area contributed by atoms with Gasteiger partial charge in [0.05, 0.1) is 12.8 Å². The summed E-state index contributed by atoms with van der Waals surface area (Å²) in [5.41, 5.74) is 2.41. The predicted molar refractivity (Wildman–Crippen MR) is 71.6 cm³/mol. The first-order chi connectivity index (χ1) is 8.83. The highest BCUT2D eigenvalue weighted by Crippen LogP contribution is 2.17. The van der Waals surface area contributed by atoms with Crippen molar-refractivity contribution < 1.29 is 9.15 Å². The van der Waals surface area contributed by atoms with E-state index in [9.17, 15) is 0 Å². The van der Waals surface area contributed by atoms with Crippen LogP contribution in [0.25, 0.3) is 0 Å². The van der Waals surface area contributed by atoms with Gasteiger partial charge in [-0.15, -0.1) is 0 Å². The summed E-state index contributed by atoms with van der Waals surface area (Å²) < 4.78 is 11.1. The van der Waals surface area contributed by atoms with E-state index < -0.39 is 0 Å². The van der Waals surface area contributed by atoms with Crippen LogP contribution in [0.5, 0.6) is 5.75 Å². The minimum atomic E-state index is 0.541. The monoisotopic (exact) mass is 245 g/mol. The number of nitrogens with one attached hydrogen (secondary N) is 1. The molecular weight excluding hydrogens is 226 g/mol. The Bertz CT molecular complexity index is 473. The summed E-state index contributed by atoms with van der Waals surface area (Å²) in [4.78, 5) is 0. The van der Waals surface area contributed by atoms with Crippen molar-refractivity contribution in [1.29, 1.82) is 0 Å². The third-order valence-electron chi connectivity index (χ3n) is 2.90. The average molecular weight is 245 g/mol. The third kappa shape index (κ3) is 3.14. The molecule has 0 fully saturated rings. The van der Waals surface area contributed by atoms with E-state index in [-0.39, 0.29) is 0 Å². The lowest BCUT2D eigenvalue weighted by molar-refractivity contribution is 0.301.